The first-order valence-electron chi connectivity index (χ1n) is 4.49. The van der Waals surface area contributed by atoms with Gasteiger partial charge in [0.15, 0.2) is 0 Å². The second-order valence-corrected chi connectivity index (χ2v) is 4.66. The Balaban J connectivity index is 2.53. The van der Waals surface area contributed by atoms with Crippen LogP contribution in [0.25, 0.3) is 0 Å². The molecule has 1 heterocycles. The van der Waals surface area contributed by atoms with Gasteiger partial charge in [-0.1, -0.05) is 0 Å². The van der Waals surface area contributed by atoms with Gasteiger partial charge in [-0.3, -0.25) is 4.21 Å². The van der Waals surface area contributed by atoms with Crippen LogP contribution in [-0.2, 0) is 16.6 Å². The van der Waals surface area contributed by atoms with Crippen molar-refractivity contribution in [3.05, 3.63) is 23.7 Å². The summed E-state index contributed by atoms with van der Waals surface area (Å²) in [6.07, 6.45) is -1.03. The molecule has 0 amide bonds. The van der Waals surface area contributed by atoms with Gasteiger partial charge in [0.2, 0.25) is 5.76 Å². The van der Waals surface area contributed by atoms with E-state index < -0.39 is 29.5 Å². The van der Waals surface area contributed by atoms with E-state index in [1.807, 2.05) is 0 Å². The predicted octanol–water partition coefficient (Wildman–Crippen LogP) is -0.420. The minimum absolute atomic E-state index is 0.0182. The second kappa shape index (κ2) is 5.78. The molecule has 0 saturated heterocycles. The van der Waals surface area contributed by atoms with E-state index in [-0.39, 0.29) is 23.0 Å². The molecule has 7 heteroatoms. The molecule has 2 unspecified atom stereocenters. The van der Waals surface area contributed by atoms with Crippen molar-refractivity contribution >= 4 is 16.8 Å². The van der Waals surface area contributed by atoms with Crippen LogP contribution in [0.3, 0.4) is 0 Å². The quantitative estimate of drug-likeness (QED) is 0.631. The van der Waals surface area contributed by atoms with Crippen molar-refractivity contribution in [2.24, 2.45) is 0 Å². The number of carboxylic acid groups (broad SMARTS) is 1. The summed E-state index contributed by atoms with van der Waals surface area (Å²) < 4.78 is 16.3. The highest BCUT2D eigenvalue weighted by molar-refractivity contribution is 7.84. The highest BCUT2D eigenvalue weighted by Crippen LogP contribution is 2.10. The molecule has 0 radical (unpaired) electrons. The Bertz CT molecular complexity index is 385. The first-order chi connectivity index (χ1) is 7.52. The van der Waals surface area contributed by atoms with Crippen molar-refractivity contribution < 1.29 is 28.7 Å². The van der Waals surface area contributed by atoms with Crippen molar-refractivity contribution in [1.82, 2.24) is 0 Å². The van der Waals surface area contributed by atoms with E-state index in [4.69, 9.17) is 19.7 Å². The lowest BCUT2D eigenvalue weighted by Crippen LogP contribution is -2.21. The number of carbonyl (C=O) groups is 1. The number of aromatic carboxylic acids is 1. The Morgan fingerprint density at radius 3 is 2.69 bits per heavy atom. The molecular weight excluding hydrogens is 236 g/mol. The molecule has 16 heavy (non-hydrogen) atoms. The zero-order valence-electron chi connectivity index (χ0n) is 8.33. The van der Waals surface area contributed by atoms with Crippen molar-refractivity contribution in [2.75, 3.05) is 12.4 Å². The van der Waals surface area contributed by atoms with Crippen molar-refractivity contribution in [2.45, 2.75) is 11.9 Å². The fraction of sp³-hybridized carbons (Fsp3) is 0.444. The van der Waals surface area contributed by atoms with Crippen LogP contribution < -0.4 is 0 Å². The Morgan fingerprint density at radius 2 is 2.19 bits per heavy atom. The Kier molecular flexibility index (Phi) is 4.66. The third-order valence-electron chi connectivity index (χ3n) is 1.76. The highest BCUT2D eigenvalue weighted by atomic mass is 32.2. The molecule has 6 nitrogen and oxygen atoms in total. The van der Waals surface area contributed by atoms with Crippen LogP contribution in [0, 0.1) is 0 Å². The molecule has 0 aliphatic carbocycles. The summed E-state index contributed by atoms with van der Waals surface area (Å²) in [6.45, 7) is -0.454. The summed E-state index contributed by atoms with van der Waals surface area (Å²) in [5, 5.41) is 26.1. The Labute approximate surface area is 94.0 Å². The molecule has 1 rings (SSSR count). The lowest BCUT2D eigenvalue weighted by atomic mass is 10.4. The van der Waals surface area contributed by atoms with E-state index >= 15 is 0 Å². The minimum Gasteiger partial charge on any atom is -0.475 e. The number of aliphatic hydroxyl groups is 2. The number of furan rings is 1. The van der Waals surface area contributed by atoms with Crippen LogP contribution in [-0.4, -0.2) is 44.0 Å². The topological polar surface area (TPSA) is 108 Å². The van der Waals surface area contributed by atoms with Gasteiger partial charge in [-0.2, -0.15) is 0 Å². The molecule has 1 aromatic heterocycles. The van der Waals surface area contributed by atoms with Gasteiger partial charge >= 0.3 is 5.97 Å². The lowest BCUT2D eigenvalue weighted by molar-refractivity contribution is 0.0660. The average Bonchev–Trinajstić information content (AvgIpc) is 2.65. The molecule has 3 N–H and O–H groups in total. The van der Waals surface area contributed by atoms with Gasteiger partial charge in [-0.25, -0.2) is 4.79 Å². The van der Waals surface area contributed by atoms with Gasteiger partial charge in [0.05, 0.1) is 24.2 Å². The van der Waals surface area contributed by atoms with E-state index in [2.05, 4.69) is 0 Å². The van der Waals surface area contributed by atoms with Gasteiger partial charge in [-0.05, 0) is 12.1 Å². The second-order valence-electron chi connectivity index (χ2n) is 3.16. The smallest absolute Gasteiger partial charge is 0.371 e. The van der Waals surface area contributed by atoms with E-state index in [0.29, 0.717) is 0 Å². The molecule has 0 saturated carbocycles. The van der Waals surface area contributed by atoms with Crippen LogP contribution in [0.2, 0.25) is 0 Å². The SMILES string of the molecule is O=C(O)c1ccc(CS(=O)CC(O)CO)o1. The Morgan fingerprint density at radius 1 is 1.50 bits per heavy atom. The molecule has 0 spiro atoms. The maximum atomic E-state index is 11.4. The summed E-state index contributed by atoms with van der Waals surface area (Å²) in [4.78, 5) is 10.5. The number of hydrogen-bond donors (Lipinski definition) is 3. The van der Waals surface area contributed by atoms with Gasteiger partial charge in [-0.15, -0.1) is 0 Å². The standard InChI is InChI=1S/C9H12O6S/c10-3-6(11)4-16(14)5-7-1-2-8(15-7)9(12)13/h1-2,6,10-11H,3-5H2,(H,12,13). The number of rotatable bonds is 6. The fourth-order valence-electron chi connectivity index (χ4n) is 1.06. The molecular formula is C9H12O6S. The maximum Gasteiger partial charge on any atom is 0.371 e. The van der Waals surface area contributed by atoms with Crippen LogP contribution in [0.1, 0.15) is 16.3 Å². The molecule has 1 aromatic rings. The molecule has 0 bridgehead atoms. The minimum atomic E-state index is -1.40. The number of aliphatic hydroxyl groups excluding tert-OH is 2. The van der Waals surface area contributed by atoms with Crippen molar-refractivity contribution in [3.63, 3.8) is 0 Å². The number of hydrogen-bond acceptors (Lipinski definition) is 5. The normalized spacial score (nSPS) is 14.6. The molecule has 0 fully saturated rings. The van der Waals surface area contributed by atoms with E-state index in [1.165, 1.54) is 12.1 Å². The third kappa shape index (κ3) is 3.76. The van der Waals surface area contributed by atoms with Crippen molar-refractivity contribution in [3.8, 4) is 0 Å². The zero-order valence-corrected chi connectivity index (χ0v) is 9.14. The monoisotopic (exact) mass is 248 g/mol. The largest absolute Gasteiger partial charge is 0.475 e. The molecule has 0 aromatic carbocycles. The number of carboxylic acids is 1. The first kappa shape index (κ1) is 12.9. The first-order valence-corrected chi connectivity index (χ1v) is 5.97. The van der Waals surface area contributed by atoms with Crippen LogP contribution in [0.5, 0.6) is 0 Å². The van der Waals surface area contributed by atoms with Crippen LogP contribution in [0.4, 0.5) is 0 Å². The summed E-state index contributed by atoms with van der Waals surface area (Å²) in [6, 6.07) is 2.70. The summed E-state index contributed by atoms with van der Waals surface area (Å²) in [7, 11) is -1.40. The van der Waals surface area contributed by atoms with Crippen LogP contribution in [0.15, 0.2) is 16.5 Å². The summed E-state index contributed by atoms with van der Waals surface area (Å²) in [5.41, 5.74) is 0. The predicted molar refractivity (Wildman–Crippen MR) is 55.5 cm³/mol. The van der Waals surface area contributed by atoms with Gasteiger partial charge in [0.1, 0.15) is 5.76 Å². The third-order valence-corrected chi connectivity index (χ3v) is 3.13. The van der Waals surface area contributed by atoms with Gasteiger partial charge in [0, 0.05) is 10.8 Å². The fourth-order valence-corrected chi connectivity index (χ4v) is 2.18. The average molecular weight is 248 g/mol. The van der Waals surface area contributed by atoms with Gasteiger partial charge < -0.3 is 19.7 Å². The van der Waals surface area contributed by atoms with E-state index in [9.17, 15) is 9.00 Å². The van der Waals surface area contributed by atoms with E-state index in [0.717, 1.165) is 0 Å². The lowest BCUT2D eigenvalue weighted by Gasteiger charge is -2.05. The highest BCUT2D eigenvalue weighted by Gasteiger charge is 2.13. The van der Waals surface area contributed by atoms with Gasteiger partial charge in [0.25, 0.3) is 0 Å². The zero-order chi connectivity index (χ0) is 12.1. The molecule has 0 aliphatic rings. The Hall–Kier alpha value is -1.18. The molecule has 90 valence electrons. The summed E-state index contributed by atoms with van der Waals surface area (Å²) >= 11 is 0. The molecule has 0 aliphatic heterocycles. The molecule has 2 atom stereocenters. The summed E-state index contributed by atoms with van der Waals surface area (Å²) in [5.74, 6) is -1.17. The maximum absolute atomic E-state index is 11.4. The van der Waals surface area contributed by atoms with E-state index in [1.54, 1.807) is 0 Å². The van der Waals surface area contributed by atoms with Crippen molar-refractivity contribution in [1.29, 1.82) is 0 Å². The van der Waals surface area contributed by atoms with Crippen LogP contribution >= 0.6 is 0 Å².